The predicted molar refractivity (Wildman–Crippen MR) is 132 cm³/mol. The first kappa shape index (κ1) is 25.6. The molecular weight excluding hydrogens is 451 g/mol. The van der Waals surface area contributed by atoms with Crippen LogP contribution in [0.1, 0.15) is 38.3 Å². The smallest absolute Gasteiger partial charge is 0.242 e. The second-order valence-corrected chi connectivity index (χ2v) is 9.69. The highest BCUT2D eigenvalue weighted by Gasteiger charge is 2.28. The summed E-state index contributed by atoms with van der Waals surface area (Å²) in [6.45, 7) is 6.98. The van der Waals surface area contributed by atoms with Gasteiger partial charge in [0.1, 0.15) is 6.04 Å². The molecule has 1 N–H and O–H groups in total. The van der Waals surface area contributed by atoms with E-state index >= 15 is 0 Å². The van der Waals surface area contributed by atoms with Gasteiger partial charge in [0.15, 0.2) is 0 Å². The minimum absolute atomic E-state index is 0.0551. The maximum atomic E-state index is 13.2. The van der Waals surface area contributed by atoms with Crippen molar-refractivity contribution in [2.75, 3.05) is 12.3 Å². The maximum Gasteiger partial charge on any atom is 0.242 e. The van der Waals surface area contributed by atoms with Gasteiger partial charge in [-0.25, -0.2) is 0 Å². The molecule has 0 aliphatic rings. The van der Waals surface area contributed by atoms with Gasteiger partial charge in [0.25, 0.3) is 0 Å². The zero-order chi connectivity index (χ0) is 22.8. The Hall–Kier alpha value is -1.69. The van der Waals surface area contributed by atoms with Crippen LogP contribution in [0.15, 0.2) is 48.5 Å². The fourth-order valence-corrected chi connectivity index (χ4v) is 4.17. The van der Waals surface area contributed by atoms with Crippen molar-refractivity contribution in [1.82, 2.24) is 10.2 Å². The molecule has 0 bridgehead atoms. The number of carbonyl (C=O) groups is 2. The number of hydrogen-bond acceptors (Lipinski definition) is 3. The molecule has 31 heavy (non-hydrogen) atoms. The van der Waals surface area contributed by atoms with E-state index in [9.17, 15) is 9.59 Å². The standard InChI is InChI=1S/C24H30Cl2N2O2S/c1-4-22(24(30)27-13-17(2)3)28(14-18-5-9-20(25)10-6-18)23(29)16-31-15-19-7-11-21(26)12-8-19/h5-12,17,22H,4,13-16H2,1-3H3,(H,27,30). The Kier molecular flexibility index (Phi) is 10.7. The van der Waals surface area contributed by atoms with Crippen molar-refractivity contribution in [2.24, 2.45) is 5.92 Å². The Balaban J connectivity index is 2.10. The number of hydrogen-bond donors (Lipinski definition) is 1. The van der Waals surface area contributed by atoms with E-state index in [2.05, 4.69) is 5.32 Å². The number of carbonyl (C=O) groups excluding carboxylic acids is 2. The second-order valence-electron chi connectivity index (χ2n) is 7.83. The molecule has 2 rings (SSSR count). The molecule has 2 aromatic carbocycles. The lowest BCUT2D eigenvalue weighted by molar-refractivity contribution is -0.139. The predicted octanol–water partition coefficient (Wildman–Crippen LogP) is 5.81. The van der Waals surface area contributed by atoms with Gasteiger partial charge in [-0.1, -0.05) is 68.2 Å². The minimum Gasteiger partial charge on any atom is -0.354 e. The van der Waals surface area contributed by atoms with Crippen molar-refractivity contribution in [1.29, 1.82) is 0 Å². The van der Waals surface area contributed by atoms with Crippen LogP contribution >= 0.6 is 35.0 Å². The molecule has 7 heteroatoms. The summed E-state index contributed by atoms with van der Waals surface area (Å²) in [5.41, 5.74) is 2.05. The molecule has 1 unspecified atom stereocenters. The second kappa shape index (κ2) is 13.0. The van der Waals surface area contributed by atoms with Gasteiger partial charge in [-0.15, -0.1) is 11.8 Å². The quantitative estimate of drug-likeness (QED) is 0.441. The third-order valence-electron chi connectivity index (χ3n) is 4.74. The first-order valence-corrected chi connectivity index (χ1v) is 12.3. The van der Waals surface area contributed by atoms with Crippen molar-refractivity contribution in [3.8, 4) is 0 Å². The van der Waals surface area contributed by atoms with Gasteiger partial charge < -0.3 is 10.2 Å². The van der Waals surface area contributed by atoms with Gasteiger partial charge in [-0.3, -0.25) is 9.59 Å². The number of amides is 2. The molecule has 0 spiro atoms. The van der Waals surface area contributed by atoms with Crippen molar-refractivity contribution in [3.63, 3.8) is 0 Å². The molecule has 0 radical (unpaired) electrons. The summed E-state index contributed by atoms with van der Waals surface area (Å²) in [7, 11) is 0. The molecule has 0 aromatic heterocycles. The molecule has 1 atom stereocenters. The molecule has 4 nitrogen and oxygen atoms in total. The summed E-state index contributed by atoms with van der Waals surface area (Å²) >= 11 is 13.5. The average Bonchev–Trinajstić information content (AvgIpc) is 2.74. The molecule has 2 aromatic rings. The van der Waals surface area contributed by atoms with Crippen molar-refractivity contribution in [3.05, 3.63) is 69.7 Å². The Morgan fingerprint density at radius 3 is 2.03 bits per heavy atom. The molecule has 0 fully saturated rings. The van der Waals surface area contributed by atoms with Gasteiger partial charge in [0, 0.05) is 28.9 Å². The third kappa shape index (κ3) is 8.76. The lowest BCUT2D eigenvalue weighted by Crippen LogP contribution is -2.50. The van der Waals surface area contributed by atoms with Crippen LogP contribution < -0.4 is 5.32 Å². The van der Waals surface area contributed by atoms with Gasteiger partial charge in [0.05, 0.1) is 5.75 Å². The van der Waals surface area contributed by atoms with E-state index in [1.165, 1.54) is 11.8 Å². The van der Waals surface area contributed by atoms with Gasteiger partial charge in [-0.2, -0.15) is 0 Å². The molecule has 0 aliphatic heterocycles. The van der Waals surface area contributed by atoms with Crippen LogP contribution in [0.3, 0.4) is 0 Å². The fraction of sp³-hybridized carbons (Fsp3) is 0.417. The van der Waals surface area contributed by atoms with E-state index in [4.69, 9.17) is 23.2 Å². The lowest BCUT2D eigenvalue weighted by atomic mass is 10.1. The van der Waals surface area contributed by atoms with Crippen molar-refractivity contribution in [2.45, 2.75) is 45.5 Å². The van der Waals surface area contributed by atoms with Gasteiger partial charge in [0.2, 0.25) is 11.8 Å². The van der Waals surface area contributed by atoms with Gasteiger partial charge >= 0.3 is 0 Å². The van der Waals surface area contributed by atoms with E-state index in [1.807, 2.05) is 57.2 Å². The molecular formula is C24H30Cl2N2O2S. The van der Waals surface area contributed by atoms with Crippen LogP contribution in [0.5, 0.6) is 0 Å². The Morgan fingerprint density at radius 2 is 1.52 bits per heavy atom. The number of halogens is 2. The highest BCUT2D eigenvalue weighted by Crippen LogP contribution is 2.19. The van der Waals surface area contributed by atoms with Crippen LogP contribution in [0, 0.1) is 5.92 Å². The molecule has 168 valence electrons. The average molecular weight is 481 g/mol. The van der Waals surface area contributed by atoms with E-state index in [1.54, 1.807) is 17.0 Å². The molecule has 0 aliphatic carbocycles. The number of nitrogens with zero attached hydrogens (tertiary/aromatic N) is 1. The largest absolute Gasteiger partial charge is 0.354 e. The van der Waals surface area contributed by atoms with Crippen LogP contribution in [0.4, 0.5) is 0 Å². The highest BCUT2D eigenvalue weighted by molar-refractivity contribution is 7.99. The first-order valence-electron chi connectivity index (χ1n) is 10.4. The minimum atomic E-state index is -0.516. The van der Waals surface area contributed by atoms with Crippen LogP contribution in [-0.2, 0) is 21.9 Å². The van der Waals surface area contributed by atoms with Crippen molar-refractivity contribution < 1.29 is 9.59 Å². The number of nitrogens with one attached hydrogen (secondary N) is 1. The Labute approximate surface area is 199 Å². The first-order chi connectivity index (χ1) is 14.8. The normalized spacial score (nSPS) is 11.9. The van der Waals surface area contributed by atoms with E-state index < -0.39 is 6.04 Å². The van der Waals surface area contributed by atoms with Crippen molar-refractivity contribution >= 4 is 46.8 Å². The van der Waals surface area contributed by atoms with Crippen LogP contribution in [0.25, 0.3) is 0 Å². The number of rotatable bonds is 11. The summed E-state index contributed by atoms with van der Waals surface area (Å²) in [4.78, 5) is 27.7. The third-order valence-corrected chi connectivity index (χ3v) is 6.24. The summed E-state index contributed by atoms with van der Waals surface area (Å²) in [6, 6.07) is 14.5. The Bertz CT molecular complexity index is 842. The topological polar surface area (TPSA) is 49.4 Å². The SMILES string of the molecule is CCC(C(=O)NCC(C)C)N(Cc1ccc(Cl)cc1)C(=O)CSCc1ccc(Cl)cc1. The molecule has 0 heterocycles. The van der Waals surface area contributed by atoms with Crippen LogP contribution in [-0.4, -0.2) is 35.1 Å². The van der Waals surface area contributed by atoms with E-state index in [-0.39, 0.29) is 11.8 Å². The van der Waals surface area contributed by atoms with E-state index in [0.29, 0.717) is 47.0 Å². The fourth-order valence-electron chi connectivity index (χ4n) is 3.05. The Morgan fingerprint density at radius 1 is 0.968 bits per heavy atom. The van der Waals surface area contributed by atoms with Crippen LogP contribution in [0.2, 0.25) is 10.0 Å². The number of thioether (sulfide) groups is 1. The monoisotopic (exact) mass is 480 g/mol. The lowest BCUT2D eigenvalue weighted by Gasteiger charge is -2.31. The van der Waals surface area contributed by atoms with E-state index in [0.717, 1.165) is 11.1 Å². The molecule has 0 saturated heterocycles. The maximum absolute atomic E-state index is 13.2. The zero-order valence-electron chi connectivity index (χ0n) is 18.2. The summed E-state index contributed by atoms with van der Waals surface area (Å²) in [6.07, 6.45) is 0.547. The zero-order valence-corrected chi connectivity index (χ0v) is 20.6. The number of benzene rings is 2. The summed E-state index contributed by atoms with van der Waals surface area (Å²) < 4.78 is 0. The summed E-state index contributed by atoms with van der Waals surface area (Å²) in [5, 5.41) is 4.31. The highest BCUT2D eigenvalue weighted by atomic mass is 35.5. The molecule has 0 saturated carbocycles. The molecule has 2 amide bonds. The van der Waals surface area contributed by atoms with Gasteiger partial charge in [-0.05, 0) is 47.7 Å². The summed E-state index contributed by atoms with van der Waals surface area (Å²) in [5.74, 6) is 1.18.